The van der Waals surface area contributed by atoms with Crippen molar-refractivity contribution in [1.29, 1.82) is 0 Å². The van der Waals surface area contributed by atoms with Crippen molar-refractivity contribution in [2.24, 2.45) is 0 Å². The van der Waals surface area contributed by atoms with Crippen molar-refractivity contribution in [3.8, 4) is 10.6 Å². The molecule has 0 aliphatic carbocycles. The van der Waals surface area contributed by atoms with Crippen LogP contribution in [-0.2, 0) is 16.0 Å². The molecule has 0 radical (unpaired) electrons. The number of carbonyl (C=O) groups is 2. The highest BCUT2D eigenvalue weighted by Gasteiger charge is 2.26. The molecule has 2 aromatic carbocycles. The number of aromatic amines is 1. The molecule has 0 saturated heterocycles. The number of ether oxygens (including phenoxy) is 1. The summed E-state index contributed by atoms with van der Waals surface area (Å²) in [5.41, 5.74) is 3.50. The zero-order valence-corrected chi connectivity index (χ0v) is 17.5. The average Bonchev–Trinajstić information content (AvgIpc) is 3.37. The van der Waals surface area contributed by atoms with Crippen molar-refractivity contribution in [3.05, 3.63) is 76.9 Å². The van der Waals surface area contributed by atoms with Crippen molar-refractivity contribution < 1.29 is 14.3 Å². The number of rotatable bonds is 6. The number of H-pyrrole nitrogens is 1. The molecule has 0 spiro atoms. The van der Waals surface area contributed by atoms with E-state index in [9.17, 15) is 9.59 Å². The lowest BCUT2D eigenvalue weighted by molar-refractivity contribution is -0.142. The predicted octanol–water partition coefficient (Wildman–Crippen LogP) is 4.11. The molecule has 0 fully saturated rings. The van der Waals surface area contributed by atoms with E-state index in [0.717, 1.165) is 27.0 Å². The first-order valence-corrected chi connectivity index (χ1v) is 10.3. The Morgan fingerprint density at radius 3 is 2.63 bits per heavy atom. The highest BCUT2D eigenvalue weighted by Crippen LogP contribution is 2.28. The molecule has 4 aromatic rings. The molecular formula is C23H21N3O3S. The molecule has 7 heteroatoms. The van der Waals surface area contributed by atoms with Gasteiger partial charge in [-0.1, -0.05) is 48.5 Å². The van der Waals surface area contributed by atoms with Gasteiger partial charge in [0.2, 0.25) is 0 Å². The van der Waals surface area contributed by atoms with E-state index in [1.807, 2.05) is 60.8 Å². The predicted molar refractivity (Wildman–Crippen MR) is 118 cm³/mol. The fourth-order valence-electron chi connectivity index (χ4n) is 3.39. The summed E-state index contributed by atoms with van der Waals surface area (Å²) in [6.07, 6.45) is 2.18. The largest absolute Gasteiger partial charge is 0.467 e. The monoisotopic (exact) mass is 419 g/mol. The van der Waals surface area contributed by atoms with E-state index in [1.165, 1.54) is 18.4 Å². The van der Waals surface area contributed by atoms with Gasteiger partial charge >= 0.3 is 5.97 Å². The second kappa shape index (κ2) is 8.51. The number of nitrogens with one attached hydrogen (secondary N) is 2. The molecule has 1 unspecified atom stereocenters. The number of carbonyl (C=O) groups excluding carboxylic acids is 2. The first-order valence-electron chi connectivity index (χ1n) is 9.53. The van der Waals surface area contributed by atoms with E-state index in [2.05, 4.69) is 15.3 Å². The molecule has 0 bridgehead atoms. The lowest BCUT2D eigenvalue weighted by atomic mass is 10.0. The number of aryl methyl sites for hydroxylation is 1. The van der Waals surface area contributed by atoms with Gasteiger partial charge in [-0.25, -0.2) is 9.78 Å². The Morgan fingerprint density at radius 1 is 1.13 bits per heavy atom. The molecule has 2 aromatic heterocycles. The van der Waals surface area contributed by atoms with Gasteiger partial charge in [0.1, 0.15) is 15.9 Å². The number of aromatic nitrogens is 2. The summed E-state index contributed by atoms with van der Waals surface area (Å²) in [7, 11) is 1.32. The van der Waals surface area contributed by atoms with Crippen molar-refractivity contribution in [3.63, 3.8) is 0 Å². The van der Waals surface area contributed by atoms with Crippen LogP contribution in [0, 0.1) is 6.92 Å². The van der Waals surface area contributed by atoms with Crippen LogP contribution in [0.15, 0.2) is 60.8 Å². The zero-order valence-electron chi connectivity index (χ0n) is 16.6. The molecule has 4 rings (SSSR count). The van der Waals surface area contributed by atoms with Crippen LogP contribution in [0.25, 0.3) is 21.5 Å². The molecule has 2 heterocycles. The molecule has 0 saturated carbocycles. The van der Waals surface area contributed by atoms with Crippen LogP contribution in [0.1, 0.15) is 20.9 Å². The van der Waals surface area contributed by atoms with Crippen molar-refractivity contribution in [1.82, 2.24) is 15.3 Å². The third-order valence-corrected chi connectivity index (χ3v) is 6.12. The zero-order chi connectivity index (χ0) is 21.1. The summed E-state index contributed by atoms with van der Waals surface area (Å²) in [6, 6.07) is 16.7. The molecule has 2 N–H and O–H groups in total. The second-order valence-corrected chi connectivity index (χ2v) is 7.91. The standard InChI is InChI=1S/C23H21N3O3S/c1-14-20(30-22(25-14)15-8-4-3-5-9-15)21(27)26-19(23(28)29-2)12-16-13-24-18-11-7-6-10-17(16)18/h3-11,13,19,24H,12H2,1-2H3,(H,26,27). The first kappa shape index (κ1) is 19.8. The van der Waals surface area contributed by atoms with E-state index in [1.54, 1.807) is 6.92 Å². The number of methoxy groups -OCH3 is 1. The Kier molecular flexibility index (Phi) is 5.63. The molecule has 6 nitrogen and oxygen atoms in total. The average molecular weight is 420 g/mol. The van der Waals surface area contributed by atoms with E-state index in [4.69, 9.17) is 4.74 Å². The van der Waals surface area contributed by atoms with Crippen LogP contribution >= 0.6 is 11.3 Å². The SMILES string of the molecule is COC(=O)C(Cc1c[nH]c2ccccc12)NC(=O)c1sc(-c2ccccc2)nc1C. The number of amides is 1. The van der Waals surface area contributed by atoms with Crippen molar-refractivity contribution in [2.45, 2.75) is 19.4 Å². The van der Waals surface area contributed by atoms with E-state index < -0.39 is 12.0 Å². The summed E-state index contributed by atoms with van der Waals surface area (Å²) in [5.74, 6) is -0.818. The highest BCUT2D eigenvalue weighted by molar-refractivity contribution is 7.17. The third-order valence-electron chi connectivity index (χ3n) is 4.91. The maximum absolute atomic E-state index is 13.0. The van der Waals surface area contributed by atoms with E-state index in [-0.39, 0.29) is 5.91 Å². The molecule has 0 aliphatic heterocycles. The molecule has 1 atom stereocenters. The van der Waals surface area contributed by atoms with Gasteiger partial charge in [-0.3, -0.25) is 4.79 Å². The summed E-state index contributed by atoms with van der Waals surface area (Å²) < 4.78 is 4.94. The summed E-state index contributed by atoms with van der Waals surface area (Å²) in [5, 5.41) is 4.62. The lowest BCUT2D eigenvalue weighted by Gasteiger charge is -2.16. The minimum absolute atomic E-state index is 0.325. The number of thiazole rings is 1. The van der Waals surface area contributed by atoms with Gasteiger partial charge in [-0.2, -0.15) is 0 Å². The Labute approximate surface area is 177 Å². The van der Waals surface area contributed by atoms with E-state index >= 15 is 0 Å². The summed E-state index contributed by atoms with van der Waals surface area (Å²) in [6.45, 7) is 1.80. The number of hydrogen-bond donors (Lipinski definition) is 2. The number of benzene rings is 2. The minimum atomic E-state index is -0.802. The van der Waals surface area contributed by atoms with Crippen molar-refractivity contribution in [2.75, 3.05) is 7.11 Å². The van der Waals surface area contributed by atoms with Crippen molar-refractivity contribution >= 4 is 34.1 Å². The molecule has 152 valence electrons. The van der Waals surface area contributed by atoms with Crippen LogP contribution in [-0.4, -0.2) is 35.0 Å². The molecule has 30 heavy (non-hydrogen) atoms. The Balaban J connectivity index is 1.57. The summed E-state index contributed by atoms with van der Waals surface area (Å²) in [4.78, 5) is 33.6. The van der Waals surface area contributed by atoms with Gasteiger partial charge in [0, 0.05) is 29.1 Å². The van der Waals surface area contributed by atoms with Gasteiger partial charge < -0.3 is 15.0 Å². The van der Waals surface area contributed by atoms with Crippen LogP contribution in [0.5, 0.6) is 0 Å². The fraction of sp³-hybridized carbons (Fsp3) is 0.174. The first-order chi connectivity index (χ1) is 14.6. The van der Waals surface area contributed by atoms with Gasteiger partial charge in [-0.15, -0.1) is 11.3 Å². The third kappa shape index (κ3) is 3.97. The number of esters is 1. The lowest BCUT2D eigenvalue weighted by Crippen LogP contribution is -2.43. The van der Waals surface area contributed by atoms with Crippen LogP contribution < -0.4 is 5.32 Å². The Hall–Kier alpha value is -3.45. The normalized spacial score (nSPS) is 11.9. The minimum Gasteiger partial charge on any atom is -0.467 e. The number of fused-ring (bicyclic) bond motifs is 1. The van der Waals surface area contributed by atoms with Crippen LogP contribution in [0.2, 0.25) is 0 Å². The number of hydrogen-bond acceptors (Lipinski definition) is 5. The number of nitrogens with zero attached hydrogens (tertiary/aromatic N) is 1. The molecular weight excluding hydrogens is 398 g/mol. The Bertz CT molecular complexity index is 1200. The smallest absolute Gasteiger partial charge is 0.328 e. The quantitative estimate of drug-likeness (QED) is 0.461. The maximum Gasteiger partial charge on any atom is 0.328 e. The Morgan fingerprint density at radius 2 is 1.87 bits per heavy atom. The fourth-order valence-corrected chi connectivity index (χ4v) is 4.37. The van der Waals surface area contributed by atoms with Gasteiger partial charge in [-0.05, 0) is 18.6 Å². The van der Waals surface area contributed by atoms with E-state index in [0.29, 0.717) is 17.0 Å². The molecule has 0 aliphatic rings. The van der Waals surface area contributed by atoms with Crippen LogP contribution in [0.3, 0.4) is 0 Å². The van der Waals surface area contributed by atoms with Gasteiger partial charge in [0.05, 0.1) is 12.8 Å². The maximum atomic E-state index is 13.0. The highest BCUT2D eigenvalue weighted by atomic mass is 32.1. The topological polar surface area (TPSA) is 84.1 Å². The molecule has 1 amide bonds. The second-order valence-electron chi connectivity index (χ2n) is 6.91. The summed E-state index contributed by atoms with van der Waals surface area (Å²) >= 11 is 1.31. The van der Waals surface area contributed by atoms with Gasteiger partial charge in [0.15, 0.2) is 0 Å². The number of para-hydroxylation sites is 1. The van der Waals surface area contributed by atoms with Gasteiger partial charge in [0.25, 0.3) is 5.91 Å². The van der Waals surface area contributed by atoms with Crippen LogP contribution in [0.4, 0.5) is 0 Å².